The van der Waals surface area contributed by atoms with Gasteiger partial charge in [0.25, 0.3) is 0 Å². The van der Waals surface area contributed by atoms with E-state index < -0.39 is 0 Å². The average molecular weight is 142 g/mol. The van der Waals surface area contributed by atoms with Gasteiger partial charge in [-0.1, -0.05) is 0 Å². The van der Waals surface area contributed by atoms with E-state index in [2.05, 4.69) is 34.3 Å². The molecule has 7 heavy (non-hydrogen) atoms. The quantitative estimate of drug-likeness (QED) is 0.469. The molecule has 0 aliphatic rings. The van der Waals surface area contributed by atoms with Crippen LogP contribution in [0.5, 0.6) is 0 Å². The Morgan fingerprint density at radius 2 is 1.00 bits per heavy atom. The van der Waals surface area contributed by atoms with Crippen LogP contribution in [0.4, 0.5) is 0 Å². The Balaban J connectivity index is -0.0000000150. The minimum Gasteiger partial charge on any atom is -0.870 e. The van der Waals surface area contributed by atoms with Crippen molar-refractivity contribution < 1.29 is 36.9 Å². The van der Waals surface area contributed by atoms with Gasteiger partial charge in [0.1, 0.15) is 0 Å². The van der Waals surface area contributed by atoms with Gasteiger partial charge < -0.3 is 16.4 Å². The molecule has 0 radical (unpaired) electrons. The van der Waals surface area contributed by atoms with Gasteiger partial charge in [0.15, 0.2) is 0 Å². The average Bonchev–Trinajstić information content (AvgIpc) is 0.811. The maximum absolute atomic E-state index is 2.17. The molecular weight excluding hydrogens is 132 g/mol. The zero-order chi connectivity index (χ0) is 3.58. The molecule has 0 saturated carbocycles. The van der Waals surface area contributed by atoms with Gasteiger partial charge in [-0.25, -0.2) is 0 Å². The first-order valence-electron chi connectivity index (χ1n) is 1.44. The van der Waals surface area contributed by atoms with Gasteiger partial charge in [-0.3, -0.25) is 0 Å². The molecule has 0 saturated heterocycles. The van der Waals surface area contributed by atoms with Crippen LogP contribution < -0.4 is 0 Å². The minimum absolute atomic E-state index is 0. The number of hydrogen-bond donors (Lipinski definition) is 0. The molecule has 0 aromatic rings. The zero-order valence-corrected chi connectivity index (χ0v) is 5.98. The molecule has 0 atom stereocenters. The molecule has 0 rings (SSSR count). The molecule has 0 bridgehead atoms. The Labute approximate surface area is 55.4 Å². The molecular formula is C3H10O3Ti. The van der Waals surface area contributed by atoms with Crippen LogP contribution >= 0.6 is 0 Å². The van der Waals surface area contributed by atoms with E-state index in [-0.39, 0.29) is 16.4 Å². The van der Waals surface area contributed by atoms with Crippen molar-refractivity contribution in [1.82, 2.24) is 0 Å². The third-order valence-electron chi connectivity index (χ3n) is 0. The Morgan fingerprint density at radius 3 is 1.00 bits per heavy atom. The molecule has 0 amide bonds. The van der Waals surface area contributed by atoms with E-state index >= 15 is 0 Å². The Hall–Kier alpha value is 0.594. The predicted molar refractivity (Wildman–Crippen MR) is 20.9 cm³/mol. The largest absolute Gasteiger partial charge is 0.870 e. The van der Waals surface area contributed by atoms with Gasteiger partial charge in [-0.05, 0) is 0 Å². The molecule has 0 aliphatic heterocycles. The van der Waals surface area contributed by atoms with Gasteiger partial charge in [0.2, 0.25) is 0 Å². The van der Waals surface area contributed by atoms with E-state index in [4.69, 9.17) is 0 Å². The van der Waals surface area contributed by atoms with E-state index in [1.165, 1.54) is 0 Å². The molecule has 0 aromatic carbocycles. The summed E-state index contributed by atoms with van der Waals surface area (Å²) in [5.74, 6) is 0. The topological polar surface area (TPSA) is 90.0 Å². The number of hydrogen-bond acceptors (Lipinski definition) is 3. The van der Waals surface area contributed by atoms with Gasteiger partial charge in [-0.2, -0.15) is 0 Å². The van der Waals surface area contributed by atoms with E-state index in [1.54, 1.807) is 0 Å². The molecule has 3 N–H and O–H groups in total. The summed E-state index contributed by atoms with van der Waals surface area (Å²) in [5, 5.41) is 0. The van der Waals surface area contributed by atoms with Crippen LogP contribution in [0.1, 0.15) is 13.8 Å². The van der Waals surface area contributed by atoms with Gasteiger partial charge in [-0.15, -0.1) is 0 Å². The first-order chi connectivity index (χ1) is 1.73. The molecule has 0 aromatic heterocycles. The van der Waals surface area contributed by atoms with Crippen LogP contribution in [0.3, 0.4) is 0 Å². The van der Waals surface area contributed by atoms with Crippen LogP contribution in [0.15, 0.2) is 0 Å². The van der Waals surface area contributed by atoms with Gasteiger partial charge in [0.05, 0.1) is 0 Å². The summed E-state index contributed by atoms with van der Waals surface area (Å²) in [5.41, 5.74) is 0. The van der Waals surface area contributed by atoms with E-state index in [0.29, 0.717) is 0 Å². The fourth-order valence-electron chi connectivity index (χ4n) is 0. The standard InChI is InChI=1S/C3H7.3H2O.Ti/c1-3-2;;;;/h3H,1-2H3;3*1H2;/q;;;;+3/p-3. The maximum Gasteiger partial charge on any atom is -0.870 e. The van der Waals surface area contributed by atoms with Crippen LogP contribution in [0.2, 0.25) is 4.22 Å². The van der Waals surface area contributed by atoms with Gasteiger partial charge >= 0.3 is 38.5 Å². The van der Waals surface area contributed by atoms with Crippen LogP contribution in [-0.4, -0.2) is 16.4 Å². The van der Waals surface area contributed by atoms with Crippen LogP contribution in [-0.2, 0) is 20.4 Å². The molecule has 0 fully saturated rings. The molecule has 3 nitrogen and oxygen atoms in total. The molecule has 44 valence electrons. The van der Waals surface area contributed by atoms with Crippen LogP contribution in [0.25, 0.3) is 0 Å². The smallest absolute Gasteiger partial charge is 0.870 e. The van der Waals surface area contributed by atoms with Crippen LogP contribution in [0, 0.1) is 0 Å². The van der Waals surface area contributed by atoms with E-state index in [9.17, 15) is 0 Å². The summed E-state index contributed by atoms with van der Waals surface area (Å²) in [4.78, 5) is 0. The molecule has 0 spiro atoms. The van der Waals surface area contributed by atoms with Crippen molar-refractivity contribution in [3.05, 3.63) is 0 Å². The molecule has 0 aliphatic carbocycles. The second-order valence-electron chi connectivity index (χ2n) is 1.15. The summed E-state index contributed by atoms with van der Waals surface area (Å²) in [7, 11) is 0. The summed E-state index contributed by atoms with van der Waals surface area (Å²) in [6, 6.07) is 0. The van der Waals surface area contributed by atoms with Crippen molar-refractivity contribution in [3.8, 4) is 0 Å². The third-order valence-corrected chi connectivity index (χ3v) is 0. The number of rotatable bonds is 0. The second kappa shape index (κ2) is 16.0. The Bertz CT molecular complexity index is 14.9. The third kappa shape index (κ3) is 394. The Morgan fingerprint density at radius 1 is 1.00 bits per heavy atom. The molecule has 0 heterocycles. The summed E-state index contributed by atoms with van der Waals surface area (Å²) >= 11 is 2.17. The van der Waals surface area contributed by atoms with Crippen molar-refractivity contribution in [2.24, 2.45) is 0 Å². The normalized spacial score (nSPS) is 5.29. The van der Waals surface area contributed by atoms with E-state index in [1.807, 2.05) is 0 Å². The fraction of sp³-hybridized carbons (Fsp3) is 1.00. The van der Waals surface area contributed by atoms with Crippen molar-refractivity contribution in [2.75, 3.05) is 0 Å². The second-order valence-corrected chi connectivity index (χ2v) is 2.96. The van der Waals surface area contributed by atoms with Crippen molar-refractivity contribution in [3.63, 3.8) is 0 Å². The van der Waals surface area contributed by atoms with Gasteiger partial charge in [0, 0.05) is 0 Å². The summed E-state index contributed by atoms with van der Waals surface area (Å²) in [6.45, 7) is 4.33. The molecule has 4 heteroatoms. The fourth-order valence-corrected chi connectivity index (χ4v) is 0. The minimum atomic E-state index is 0. The van der Waals surface area contributed by atoms with E-state index in [0.717, 1.165) is 4.22 Å². The first kappa shape index (κ1) is 25.6. The van der Waals surface area contributed by atoms with Crippen molar-refractivity contribution >= 4 is 0 Å². The zero-order valence-electron chi connectivity index (χ0n) is 4.42. The maximum atomic E-state index is 2.17. The summed E-state index contributed by atoms with van der Waals surface area (Å²) < 4.78 is 0.833. The Kier molecular flexibility index (Phi) is 58.3. The SMILES string of the molecule is C[CH](C)[Ti+3].[OH-].[OH-].[OH-]. The summed E-state index contributed by atoms with van der Waals surface area (Å²) in [6.07, 6.45) is 0. The van der Waals surface area contributed by atoms with Crippen molar-refractivity contribution in [2.45, 2.75) is 18.1 Å². The first-order valence-corrected chi connectivity index (χ1v) is 2.34. The monoisotopic (exact) mass is 142 g/mol. The molecule has 0 unspecified atom stereocenters. The van der Waals surface area contributed by atoms with Crippen molar-refractivity contribution in [1.29, 1.82) is 0 Å². The predicted octanol–water partition coefficient (Wildman–Crippen LogP) is 0.831.